The van der Waals surface area contributed by atoms with Crippen LogP contribution in [0, 0.1) is 17.5 Å². The minimum atomic E-state index is -1.16. The molecule has 0 aromatic heterocycles. The summed E-state index contributed by atoms with van der Waals surface area (Å²) in [6.07, 6.45) is 0. The van der Waals surface area contributed by atoms with Gasteiger partial charge in [0.2, 0.25) is 0 Å². The number of carbonyl (C=O) groups excluding carboxylic acids is 1. The van der Waals surface area contributed by atoms with Gasteiger partial charge >= 0.3 is 0 Å². The highest BCUT2D eigenvalue weighted by molar-refractivity contribution is 7.80. The molecule has 0 aliphatic heterocycles. The highest BCUT2D eigenvalue weighted by atomic mass is 32.1. The number of anilines is 1. The minimum Gasteiger partial charge on any atom is -0.389 e. The Morgan fingerprint density at radius 2 is 1.57 bits per heavy atom. The summed E-state index contributed by atoms with van der Waals surface area (Å²) in [5.74, 6) is -3.74. The molecule has 108 valence electrons. The smallest absolute Gasteiger partial charge is 0.255 e. The summed E-state index contributed by atoms with van der Waals surface area (Å²) < 4.78 is 39.6. The fourth-order valence-corrected chi connectivity index (χ4v) is 1.73. The first-order valence-corrected chi connectivity index (χ1v) is 6.15. The molecule has 1 amide bonds. The van der Waals surface area contributed by atoms with E-state index in [1.165, 1.54) is 12.1 Å². The van der Waals surface area contributed by atoms with Crippen molar-refractivity contribution in [2.75, 3.05) is 5.32 Å². The summed E-state index contributed by atoms with van der Waals surface area (Å²) in [5.41, 5.74) is 5.42. The van der Waals surface area contributed by atoms with Gasteiger partial charge in [-0.2, -0.15) is 0 Å². The molecule has 0 atom stereocenters. The predicted molar refractivity (Wildman–Crippen MR) is 76.6 cm³/mol. The third-order valence-electron chi connectivity index (χ3n) is 2.68. The molecule has 7 heteroatoms. The van der Waals surface area contributed by atoms with E-state index in [4.69, 9.17) is 18.0 Å². The highest BCUT2D eigenvalue weighted by Gasteiger charge is 2.12. The second-order valence-electron chi connectivity index (χ2n) is 4.14. The lowest BCUT2D eigenvalue weighted by atomic mass is 10.1. The number of amides is 1. The normalized spacial score (nSPS) is 10.2. The zero-order valence-electron chi connectivity index (χ0n) is 10.5. The van der Waals surface area contributed by atoms with Gasteiger partial charge in [0.1, 0.15) is 10.8 Å². The van der Waals surface area contributed by atoms with Gasteiger partial charge in [-0.1, -0.05) is 12.2 Å². The largest absolute Gasteiger partial charge is 0.389 e. The van der Waals surface area contributed by atoms with E-state index in [1.807, 2.05) is 0 Å². The van der Waals surface area contributed by atoms with E-state index in [0.717, 1.165) is 24.3 Å². The Kier molecular flexibility index (Phi) is 4.23. The Morgan fingerprint density at radius 3 is 2.14 bits per heavy atom. The lowest BCUT2D eigenvalue weighted by molar-refractivity contribution is 0.102. The maximum absolute atomic E-state index is 13.8. The van der Waals surface area contributed by atoms with Crippen molar-refractivity contribution in [3.05, 3.63) is 65.0 Å². The molecule has 0 aliphatic carbocycles. The van der Waals surface area contributed by atoms with Gasteiger partial charge < -0.3 is 11.1 Å². The first kappa shape index (κ1) is 15.0. The lowest BCUT2D eigenvalue weighted by Crippen LogP contribution is -2.15. The number of nitrogens with one attached hydrogen (secondary N) is 1. The maximum Gasteiger partial charge on any atom is 0.255 e. The summed E-state index contributed by atoms with van der Waals surface area (Å²) in [7, 11) is 0. The molecule has 0 fully saturated rings. The molecule has 3 nitrogen and oxygen atoms in total. The van der Waals surface area contributed by atoms with Gasteiger partial charge in [-0.3, -0.25) is 4.79 Å². The summed E-state index contributed by atoms with van der Waals surface area (Å²) in [5, 5.41) is 2.25. The third kappa shape index (κ3) is 3.38. The van der Waals surface area contributed by atoms with Gasteiger partial charge in [-0.05, 0) is 36.4 Å². The number of halogens is 3. The first-order chi connectivity index (χ1) is 9.88. The van der Waals surface area contributed by atoms with Crippen molar-refractivity contribution in [2.45, 2.75) is 0 Å². The lowest BCUT2D eigenvalue weighted by Gasteiger charge is -2.08. The quantitative estimate of drug-likeness (QED) is 0.857. The maximum atomic E-state index is 13.8. The number of rotatable bonds is 3. The Labute approximate surface area is 123 Å². The van der Waals surface area contributed by atoms with Gasteiger partial charge in [0, 0.05) is 11.1 Å². The Bertz CT molecular complexity index is 734. The monoisotopic (exact) mass is 310 g/mol. The van der Waals surface area contributed by atoms with Crippen molar-refractivity contribution in [3.63, 3.8) is 0 Å². The van der Waals surface area contributed by atoms with Crippen LogP contribution >= 0.6 is 12.2 Å². The molecule has 2 aromatic carbocycles. The van der Waals surface area contributed by atoms with Crippen LogP contribution < -0.4 is 11.1 Å². The number of nitrogens with two attached hydrogens (primary N) is 1. The van der Waals surface area contributed by atoms with Crippen molar-refractivity contribution in [1.82, 2.24) is 0 Å². The average molecular weight is 310 g/mol. The van der Waals surface area contributed by atoms with E-state index in [0.29, 0.717) is 5.56 Å². The van der Waals surface area contributed by atoms with Crippen LogP contribution in [0.1, 0.15) is 15.9 Å². The van der Waals surface area contributed by atoms with Crippen molar-refractivity contribution in [3.8, 4) is 0 Å². The van der Waals surface area contributed by atoms with Gasteiger partial charge in [0.05, 0.1) is 5.69 Å². The third-order valence-corrected chi connectivity index (χ3v) is 2.92. The second-order valence-corrected chi connectivity index (χ2v) is 4.58. The molecule has 2 aromatic rings. The van der Waals surface area contributed by atoms with E-state index < -0.39 is 23.4 Å². The SMILES string of the molecule is NC(=S)c1ccc(NC(=O)c2ccc(F)c(F)c2)c(F)c1. The molecule has 0 saturated heterocycles. The van der Waals surface area contributed by atoms with Crippen molar-refractivity contribution in [2.24, 2.45) is 5.73 Å². The predicted octanol–water partition coefficient (Wildman–Crippen LogP) is 2.99. The number of hydrogen-bond acceptors (Lipinski definition) is 2. The molecule has 0 bridgehead atoms. The average Bonchev–Trinajstić information content (AvgIpc) is 2.43. The van der Waals surface area contributed by atoms with Crippen molar-refractivity contribution in [1.29, 1.82) is 0 Å². The van der Waals surface area contributed by atoms with Crippen LogP contribution in [0.2, 0.25) is 0 Å². The molecule has 0 heterocycles. The Hall–Kier alpha value is -2.41. The van der Waals surface area contributed by atoms with Crippen molar-refractivity contribution >= 4 is 28.8 Å². The molecule has 21 heavy (non-hydrogen) atoms. The first-order valence-electron chi connectivity index (χ1n) is 5.74. The highest BCUT2D eigenvalue weighted by Crippen LogP contribution is 2.17. The van der Waals surface area contributed by atoms with Crippen LogP contribution in [0.5, 0.6) is 0 Å². The van der Waals surface area contributed by atoms with Gasteiger partial charge in [0.25, 0.3) is 5.91 Å². The van der Waals surface area contributed by atoms with E-state index in [2.05, 4.69) is 5.32 Å². The van der Waals surface area contributed by atoms with Crippen LogP contribution in [0.15, 0.2) is 36.4 Å². The molecule has 2 rings (SSSR count). The minimum absolute atomic E-state index is 0.0207. The number of benzene rings is 2. The summed E-state index contributed by atoms with van der Waals surface area (Å²) in [4.78, 5) is 11.9. The fourth-order valence-electron chi connectivity index (χ4n) is 1.60. The summed E-state index contributed by atoms with van der Waals surface area (Å²) in [6, 6.07) is 6.43. The zero-order chi connectivity index (χ0) is 15.6. The number of hydrogen-bond donors (Lipinski definition) is 2. The van der Waals surface area contributed by atoms with Crippen LogP contribution in [-0.4, -0.2) is 10.9 Å². The molecule has 0 radical (unpaired) electrons. The molecule has 0 spiro atoms. The van der Waals surface area contributed by atoms with E-state index in [-0.39, 0.29) is 16.2 Å². The topological polar surface area (TPSA) is 55.1 Å². The van der Waals surface area contributed by atoms with Crippen LogP contribution in [0.3, 0.4) is 0 Å². The van der Waals surface area contributed by atoms with Crippen LogP contribution in [0.4, 0.5) is 18.9 Å². The van der Waals surface area contributed by atoms with Gasteiger partial charge in [-0.15, -0.1) is 0 Å². The fraction of sp³-hybridized carbons (Fsp3) is 0. The molecular formula is C14H9F3N2OS. The Balaban J connectivity index is 2.23. The molecular weight excluding hydrogens is 301 g/mol. The standard InChI is InChI=1S/C14H9F3N2OS/c15-9-3-1-8(6-10(9)16)14(20)19-12-4-2-7(13(18)21)5-11(12)17/h1-6H,(H2,18,21)(H,19,20). The van der Waals surface area contributed by atoms with Crippen molar-refractivity contribution < 1.29 is 18.0 Å². The van der Waals surface area contributed by atoms with Gasteiger partial charge in [0.15, 0.2) is 11.6 Å². The number of carbonyl (C=O) groups is 1. The summed E-state index contributed by atoms with van der Waals surface area (Å²) in [6.45, 7) is 0. The molecule has 0 aliphatic rings. The molecule has 0 saturated carbocycles. The summed E-state index contributed by atoms with van der Waals surface area (Å²) >= 11 is 4.70. The van der Waals surface area contributed by atoms with Crippen LogP contribution in [-0.2, 0) is 0 Å². The molecule has 0 unspecified atom stereocenters. The van der Waals surface area contributed by atoms with E-state index in [1.54, 1.807) is 0 Å². The van der Waals surface area contributed by atoms with Gasteiger partial charge in [-0.25, -0.2) is 13.2 Å². The molecule has 3 N–H and O–H groups in total. The van der Waals surface area contributed by atoms with E-state index >= 15 is 0 Å². The number of thiocarbonyl (C=S) groups is 1. The van der Waals surface area contributed by atoms with E-state index in [9.17, 15) is 18.0 Å². The second kappa shape index (κ2) is 5.92. The Morgan fingerprint density at radius 1 is 0.952 bits per heavy atom. The van der Waals surface area contributed by atoms with Crippen LogP contribution in [0.25, 0.3) is 0 Å². The zero-order valence-corrected chi connectivity index (χ0v) is 11.3.